The summed E-state index contributed by atoms with van der Waals surface area (Å²) < 4.78 is 5.25. The zero-order valence-corrected chi connectivity index (χ0v) is 22.8. The highest BCUT2D eigenvalue weighted by molar-refractivity contribution is 7.99. The molecule has 6 nitrogen and oxygen atoms in total. The van der Waals surface area contributed by atoms with Crippen molar-refractivity contribution in [3.63, 3.8) is 0 Å². The summed E-state index contributed by atoms with van der Waals surface area (Å²) in [6.07, 6.45) is 0.815. The number of carbonyl (C=O) groups excluding carboxylic acids is 1. The van der Waals surface area contributed by atoms with Crippen LogP contribution in [-0.2, 0) is 4.74 Å². The smallest absolute Gasteiger partial charge is 0.409 e. The van der Waals surface area contributed by atoms with Gasteiger partial charge in [-0.1, -0.05) is 35.5 Å². The average Bonchev–Trinajstić information content (AvgIpc) is 2.79. The number of fused-ring (bicyclic) bond motifs is 2. The molecule has 34 heavy (non-hydrogen) atoms. The lowest BCUT2D eigenvalue weighted by atomic mass is 10.2. The van der Waals surface area contributed by atoms with Crippen molar-refractivity contribution in [2.45, 2.75) is 16.2 Å². The third kappa shape index (κ3) is 7.33. The summed E-state index contributed by atoms with van der Waals surface area (Å²) in [5.74, 6) is 0. The Morgan fingerprint density at radius 2 is 1.59 bits per heavy atom. The molecule has 10 heteroatoms. The molecule has 2 aliphatic heterocycles. The molecule has 0 atom stereocenters. The van der Waals surface area contributed by atoms with Crippen molar-refractivity contribution in [1.29, 1.82) is 0 Å². The van der Waals surface area contributed by atoms with Crippen LogP contribution in [0.15, 0.2) is 52.3 Å². The Kier molecular flexibility index (Phi) is 11.6. The third-order valence-electron chi connectivity index (χ3n) is 5.91. The predicted molar refractivity (Wildman–Crippen MR) is 146 cm³/mol. The zero-order valence-electron chi connectivity index (χ0n) is 19.6. The number of ether oxygens (including phenoxy) is 1. The molecule has 2 aromatic rings. The largest absolute Gasteiger partial charge is 0.448 e. The monoisotopic (exact) mass is 546 g/mol. The van der Waals surface area contributed by atoms with Crippen LogP contribution in [0.4, 0.5) is 16.2 Å². The van der Waals surface area contributed by atoms with E-state index in [0.29, 0.717) is 6.61 Å². The molecule has 2 aliphatic rings. The second-order valence-electron chi connectivity index (χ2n) is 8.38. The molecule has 0 aromatic heterocycles. The van der Waals surface area contributed by atoms with Crippen molar-refractivity contribution in [3.8, 4) is 0 Å². The molecule has 1 saturated heterocycles. The van der Waals surface area contributed by atoms with Gasteiger partial charge in [0.2, 0.25) is 0 Å². The minimum atomic E-state index is -0.274. The minimum Gasteiger partial charge on any atom is -0.448 e. The van der Waals surface area contributed by atoms with Crippen LogP contribution >= 0.6 is 48.2 Å². The van der Waals surface area contributed by atoms with E-state index in [-0.39, 0.29) is 30.9 Å². The standard InChI is InChI=1S/C24H31ClN4O2S.2ClH/c1-26(2)24(30)31-17-16-28-14-12-27(13-15-28)10-5-11-29-20-6-3-4-7-22(20)32-23-9-8-19(25)18-21(23)29;;/h3-4,6-9,18H,5,10-17H2,1-2H3;2*1H. The van der Waals surface area contributed by atoms with E-state index in [9.17, 15) is 4.79 Å². The predicted octanol–water partition coefficient (Wildman–Crippen LogP) is 5.49. The second-order valence-corrected chi connectivity index (χ2v) is 9.90. The van der Waals surface area contributed by atoms with Crippen molar-refractivity contribution in [2.75, 3.05) is 71.4 Å². The van der Waals surface area contributed by atoms with Crippen LogP contribution in [0.3, 0.4) is 0 Å². The summed E-state index contributed by atoms with van der Waals surface area (Å²) in [6, 6.07) is 14.8. The van der Waals surface area contributed by atoms with Gasteiger partial charge in [0, 0.05) is 68.2 Å². The van der Waals surface area contributed by atoms with Crippen LogP contribution in [0.5, 0.6) is 0 Å². The SMILES string of the molecule is CN(C)C(=O)OCCN1CCN(CCCN2c3ccccc3Sc3ccc(Cl)cc32)CC1.Cl.Cl. The Morgan fingerprint density at radius 3 is 2.29 bits per heavy atom. The molecular weight excluding hydrogens is 515 g/mol. The Balaban J connectivity index is 0.00000204. The number of nitrogens with zero attached hydrogens (tertiary/aromatic N) is 4. The lowest BCUT2D eigenvalue weighted by molar-refractivity contribution is 0.0833. The fraction of sp³-hybridized carbons (Fsp3) is 0.458. The van der Waals surface area contributed by atoms with Crippen LogP contribution in [0, 0.1) is 0 Å². The summed E-state index contributed by atoms with van der Waals surface area (Å²) in [5.41, 5.74) is 2.47. The summed E-state index contributed by atoms with van der Waals surface area (Å²) in [5, 5.41) is 0.779. The highest BCUT2D eigenvalue weighted by atomic mass is 35.5. The van der Waals surface area contributed by atoms with Gasteiger partial charge in [-0.2, -0.15) is 0 Å². The van der Waals surface area contributed by atoms with Crippen molar-refractivity contribution in [2.24, 2.45) is 0 Å². The minimum absolute atomic E-state index is 0. The van der Waals surface area contributed by atoms with Gasteiger partial charge in [0.1, 0.15) is 6.61 Å². The van der Waals surface area contributed by atoms with E-state index in [2.05, 4.69) is 51.1 Å². The lowest BCUT2D eigenvalue weighted by Gasteiger charge is -2.36. The van der Waals surface area contributed by atoms with Gasteiger partial charge in [-0.25, -0.2) is 4.79 Å². The number of amides is 1. The fourth-order valence-corrected chi connectivity index (χ4v) is 5.37. The molecule has 0 N–H and O–H groups in total. The highest BCUT2D eigenvalue weighted by Gasteiger charge is 2.24. The summed E-state index contributed by atoms with van der Waals surface area (Å²) in [4.78, 5) is 22.9. The van der Waals surface area contributed by atoms with E-state index in [1.165, 1.54) is 26.1 Å². The number of piperazine rings is 1. The first-order valence-electron chi connectivity index (χ1n) is 11.1. The van der Waals surface area contributed by atoms with Crippen LogP contribution in [0.1, 0.15) is 6.42 Å². The second kappa shape index (κ2) is 13.7. The Morgan fingerprint density at radius 1 is 0.941 bits per heavy atom. The Bertz CT molecular complexity index is 942. The van der Waals surface area contributed by atoms with Gasteiger partial charge in [0.05, 0.1) is 11.4 Å². The van der Waals surface area contributed by atoms with Crippen LogP contribution in [-0.4, -0.2) is 87.3 Å². The van der Waals surface area contributed by atoms with Crippen molar-refractivity contribution in [1.82, 2.24) is 14.7 Å². The first-order chi connectivity index (χ1) is 15.5. The van der Waals surface area contributed by atoms with Gasteiger partial charge >= 0.3 is 6.09 Å². The Labute approximate surface area is 224 Å². The van der Waals surface area contributed by atoms with Crippen LogP contribution in [0.25, 0.3) is 0 Å². The number of carbonyl (C=O) groups is 1. The summed E-state index contributed by atoms with van der Waals surface area (Å²) in [6.45, 7) is 7.42. The molecule has 0 spiro atoms. The summed E-state index contributed by atoms with van der Waals surface area (Å²) in [7, 11) is 3.41. The van der Waals surface area contributed by atoms with Gasteiger partial charge in [0.25, 0.3) is 0 Å². The van der Waals surface area contributed by atoms with Gasteiger partial charge in [-0.15, -0.1) is 24.8 Å². The van der Waals surface area contributed by atoms with E-state index in [0.717, 1.165) is 57.3 Å². The molecule has 188 valence electrons. The van der Waals surface area contributed by atoms with E-state index in [1.807, 2.05) is 17.8 Å². The molecule has 0 bridgehead atoms. The third-order valence-corrected chi connectivity index (χ3v) is 7.27. The van der Waals surface area contributed by atoms with E-state index < -0.39 is 0 Å². The van der Waals surface area contributed by atoms with Gasteiger partial charge in [-0.3, -0.25) is 4.90 Å². The fourth-order valence-electron chi connectivity index (χ4n) is 4.12. The van der Waals surface area contributed by atoms with E-state index >= 15 is 0 Å². The first kappa shape index (κ1) is 28.9. The summed E-state index contributed by atoms with van der Waals surface area (Å²) >= 11 is 8.14. The Hall–Kier alpha value is -1.35. The highest BCUT2D eigenvalue weighted by Crippen LogP contribution is 2.48. The maximum atomic E-state index is 11.5. The zero-order chi connectivity index (χ0) is 22.5. The molecular formula is C24H33Cl3N4O2S. The molecule has 4 rings (SSSR count). The molecule has 1 amide bonds. The topological polar surface area (TPSA) is 39.3 Å². The molecule has 0 radical (unpaired) electrons. The van der Waals surface area contributed by atoms with E-state index in [4.69, 9.17) is 16.3 Å². The number of para-hydroxylation sites is 1. The normalized spacial score (nSPS) is 15.4. The molecule has 1 fully saturated rings. The van der Waals surface area contributed by atoms with Crippen LogP contribution < -0.4 is 4.90 Å². The van der Waals surface area contributed by atoms with Crippen molar-refractivity contribution in [3.05, 3.63) is 47.5 Å². The van der Waals surface area contributed by atoms with Crippen LogP contribution in [0.2, 0.25) is 5.02 Å². The number of benzene rings is 2. The molecule has 0 aliphatic carbocycles. The van der Waals surface area contributed by atoms with Gasteiger partial charge in [0.15, 0.2) is 0 Å². The molecule has 2 aromatic carbocycles. The lowest BCUT2D eigenvalue weighted by Crippen LogP contribution is -2.48. The van der Waals surface area contributed by atoms with Crippen molar-refractivity contribution >= 4 is 65.6 Å². The first-order valence-corrected chi connectivity index (χ1v) is 12.3. The number of anilines is 2. The van der Waals surface area contributed by atoms with Gasteiger partial charge in [-0.05, 0) is 43.3 Å². The number of hydrogen-bond donors (Lipinski definition) is 0. The van der Waals surface area contributed by atoms with E-state index in [1.54, 1.807) is 14.1 Å². The number of rotatable bonds is 7. The molecule has 0 saturated carbocycles. The molecule has 2 heterocycles. The molecule has 0 unspecified atom stereocenters. The van der Waals surface area contributed by atoms with Crippen molar-refractivity contribution < 1.29 is 9.53 Å². The maximum Gasteiger partial charge on any atom is 0.409 e. The average molecular weight is 548 g/mol. The number of halogens is 3. The quantitative estimate of drug-likeness (QED) is 0.456. The van der Waals surface area contributed by atoms with Gasteiger partial charge < -0.3 is 19.4 Å². The maximum absolute atomic E-state index is 11.5. The number of hydrogen-bond acceptors (Lipinski definition) is 6.